The summed E-state index contributed by atoms with van der Waals surface area (Å²) >= 11 is 0. The summed E-state index contributed by atoms with van der Waals surface area (Å²) in [4.78, 5) is 16.2. The topological polar surface area (TPSA) is 70.1 Å². The van der Waals surface area contributed by atoms with Crippen LogP contribution < -0.4 is 0 Å². The number of aromatic nitrogens is 4. The van der Waals surface area contributed by atoms with Crippen LogP contribution in [0, 0.1) is 0 Å². The molecule has 1 amide bonds. The number of hydrogen-bond donors (Lipinski definition) is 1. The molecular weight excluding hydrogens is 292 g/mol. The van der Waals surface area contributed by atoms with E-state index < -0.39 is 0 Å². The zero-order valence-electron chi connectivity index (χ0n) is 14.0. The van der Waals surface area contributed by atoms with Gasteiger partial charge in [0.25, 0.3) is 5.91 Å². The van der Waals surface area contributed by atoms with Crippen molar-refractivity contribution in [2.24, 2.45) is 0 Å². The summed E-state index contributed by atoms with van der Waals surface area (Å²) < 4.78 is 1.95. The summed E-state index contributed by atoms with van der Waals surface area (Å²) in [6, 6.07) is 0. The first-order chi connectivity index (χ1) is 11.1. The van der Waals surface area contributed by atoms with Crippen molar-refractivity contribution in [1.82, 2.24) is 29.8 Å². The predicted octanol–water partition coefficient (Wildman–Crippen LogP) is 1.32. The molecule has 1 aliphatic rings. The van der Waals surface area contributed by atoms with Gasteiger partial charge in [0.1, 0.15) is 0 Å². The lowest BCUT2D eigenvalue weighted by molar-refractivity contribution is 0.0826. The summed E-state index contributed by atoms with van der Waals surface area (Å²) in [6.07, 6.45) is 6.72. The Morgan fingerprint density at radius 2 is 2.26 bits per heavy atom. The molecule has 7 heteroatoms. The van der Waals surface area contributed by atoms with Crippen molar-refractivity contribution in [1.29, 1.82) is 0 Å². The Bertz CT molecular complexity index is 674. The largest absolute Gasteiger partial charge is 0.345 e. The van der Waals surface area contributed by atoms with Gasteiger partial charge in [0.05, 0.1) is 23.7 Å². The van der Waals surface area contributed by atoms with Crippen LogP contribution in [0.5, 0.6) is 0 Å². The van der Waals surface area contributed by atoms with Crippen molar-refractivity contribution in [3.05, 3.63) is 35.4 Å². The van der Waals surface area contributed by atoms with Crippen LogP contribution in [0.3, 0.4) is 0 Å². The lowest BCUT2D eigenvalue weighted by Gasteiger charge is -2.16. The quantitative estimate of drug-likeness (QED) is 0.903. The smallest absolute Gasteiger partial charge is 0.256 e. The van der Waals surface area contributed by atoms with Gasteiger partial charge in [-0.15, -0.1) is 0 Å². The number of nitrogens with one attached hydrogen (secondary N) is 1. The number of H-pyrrole nitrogens is 1. The molecule has 2 aromatic heterocycles. The highest BCUT2D eigenvalue weighted by Gasteiger charge is 2.29. The Morgan fingerprint density at radius 1 is 1.43 bits per heavy atom. The van der Waals surface area contributed by atoms with E-state index in [0.29, 0.717) is 11.5 Å². The standard InChI is InChI=1S/C16H24N6O/c1-4-22-10-12(7-18-22)9-21-6-5-13(11-21)15-14(8-17-19-15)16(23)20(2)3/h7-8,10,13H,4-6,9,11H2,1-3H3,(H,17,19)/t13-/m1/s1. The van der Waals surface area contributed by atoms with Crippen molar-refractivity contribution < 1.29 is 4.79 Å². The summed E-state index contributed by atoms with van der Waals surface area (Å²) in [7, 11) is 3.54. The summed E-state index contributed by atoms with van der Waals surface area (Å²) in [5, 5.41) is 11.5. The van der Waals surface area contributed by atoms with Gasteiger partial charge in [-0.2, -0.15) is 10.2 Å². The maximum absolute atomic E-state index is 12.2. The number of rotatable bonds is 5. The minimum Gasteiger partial charge on any atom is -0.345 e. The molecule has 1 saturated heterocycles. The average Bonchev–Trinajstić information content (AvgIpc) is 3.26. The normalized spacial score (nSPS) is 18.5. The molecule has 23 heavy (non-hydrogen) atoms. The highest BCUT2D eigenvalue weighted by Crippen LogP contribution is 2.29. The molecule has 0 unspecified atom stereocenters. The molecule has 1 N–H and O–H groups in total. The van der Waals surface area contributed by atoms with E-state index in [9.17, 15) is 4.79 Å². The zero-order chi connectivity index (χ0) is 16.4. The van der Waals surface area contributed by atoms with Crippen LogP contribution in [-0.4, -0.2) is 62.9 Å². The maximum atomic E-state index is 12.2. The van der Waals surface area contributed by atoms with E-state index in [4.69, 9.17) is 0 Å². The van der Waals surface area contributed by atoms with Gasteiger partial charge in [-0.1, -0.05) is 0 Å². The first-order valence-corrected chi connectivity index (χ1v) is 8.07. The number of aromatic amines is 1. The van der Waals surface area contributed by atoms with Crippen LogP contribution in [-0.2, 0) is 13.1 Å². The van der Waals surface area contributed by atoms with Crippen LogP contribution in [0.2, 0.25) is 0 Å². The predicted molar refractivity (Wildman–Crippen MR) is 87.1 cm³/mol. The number of likely N-dealkylation sites (tertiary alicyclic amines) is 1. The molecule has 0 aromatic carbocycles. The second kappa shape index (κ2) is 6.54. The number of nitrogens with zero attached hydrogens (tertiary/aromatic N) is 5. The first kappa shape index (κ1) is 15.7. The molecule has 1 atom stereocenters. The molecular formula is C16H24N6O. The maximum Gasteiger partial charge on any atom is 0.256 e. The Kier molecular flexibility index (Phi) is 4.47. The van der Waals surface area contributed by atoms with E-state index in [0.717, 1.165) is 38.3 Å². The van der Waals surface area contributed by atoms with Gasteiger partial charge in [-0.05, 0) is 19.9 Å². The highest BCUT2D eigenvalue weighted by molar-refractivity contribution is 5.94. The SMILES string of the molecule is CCn1cc(CN2CC[C@@H](c3[nH]ncc3C(=O)N(C)C)C2)cn1. The van der Waals surface area contributed by atoms with E-state index in [1.54, 1.807) is 25.2 Å². The Labute approximate surface area is 136 Å². The molecule has 0 spiro atoms. The second-order valence-corrected chi connectivity index (χ2v) is 6.32. The molecule has 3 heterocycles. The average molecular weight is 316 g/mol. The molecule has 3 rings (SSSR count). The Hall–Kier alpha value is -2.15. The van der Waals surface area contributed by atoms with Crippen LogP contribution >= 0.6 is 0 Å². The van der Waals surface area contributed by atoms with Crippen molar-refractivity contribution in [2.75, 3.05) is 27.2 Å². The van der Waals surface area contributed by atoms with Crippen molar-refractivity contribution in [3.8, 4) is 0 Å². The van der Waals surface area contributed by atoms with Crippen molar-refractivity contribution in [3.63, 3.8) is 0 Å². The Balaban J connectivity index is 1.66. The molecule has 0 radical (unpaired) electrons. The van der Waals surface area contributed by atoms with E-state index in [1.165, 1.54) is 5.56 Å². The van der Waals surface area contributed by atoms with Gasteiger partial charge < -0.3 is 4.90 Å². The minimum absolute atomic E-state index is 0.0106. The van der Waals surface area contributed by atoms with E-state index >= 15 is 0 Å². The zero-order valence-corrected chi connectivity index (χ0v) is 14.0. The van der Waals surface area contributed by atoms with Crippen LogP contribution in [0.1, 0.15) is 40.9 Å². The molecule has 0 bridgehead atoms. The van der Waals surface area contributed by atoms with E-state index in [1.807, 2.05) is 10.9 Å². The molecule has 1 fully saturated rings. The molecule has 7 nitrogen and oxygen atoms in total. The third kappa shape index (κ3) is 3.29. The summed E-state index contributed by atoms with van der Waals surface area (Å²) in [5.74, 6) is 0.342. The summed E-state index contributed by atoms with van der Waals surface area (Å²) in [6.45, 7) is 5.85. The minimum atomic E-state index is 0.0106. The fraction of sp³-hybridized carbons (Fsp3) is 0.562. The Morgan fingerprint density at radius 3 is 2.96 bits per heavy atom. The molecule has 1 aliphatic heterocycles. The fourth-order valence-corrected chi connectivity index (χ4v) is 3.15. The fourth-order valence-electron chi connectivity index (χ4n) is 3.15. The second-order valence-electron chi connectivity index (χ2n) is 6.32. The van der Waals surface area contributed by atoms with Gasteiger partial charge in [0.15, 0.2) is 0 Å². The van der Waals surface area contributed by atoms with Crippen molar-refractivity contribution in [2.45, 2.75) is 32.4 Å². The third-order valence-electron chi connectivity index (χ3n) is 4.40. The highest BCUT2D eigenvalue weighted by atomic mass is 16.2. The van der Waals surface area contributed by atoms with E-state index in [-0.39, 0.29) is 5.91 Å². The van der Waals surface area contributed by atoms with E-state index in [2.05, 4.69) is 33.3 Å². The number of carbonyl (C=O) groups is 1. The van der Waals surface area contributed by atoms with Gasteiger partial charge in [0.2, 0.25) is 0 Å². The van der Waals surface area contributed by atoms with Gasteiger partial charge in [0, 0.05) is 51.4 Å². The number of hydrogen-bond acceptors (Lipinski definition) is 4. The number of carbonyl (C=O) groups excluding carboxylic acids is 1. The lowest BCUT2D eigenvalue weighted by atomic mass is 10.0. The summed E-state index contributed by atoms with van der Waals surface area (Å²) in [5.41, 5.74) is 2.90. The van der Waals surface area contributed by atoms with Crippen LogP contribution in [0.25, 0.3) is 0 Å². The monoisotopic (exact) mass is 316 g/mol. The van der Waals surface area contributed by atoms with Crippen LogP contribution in [0.15, 0.2) is 18.6 Å². The van der Waals surface area contributed by atoms with Gasteiger partial charge >= 0.3 is 0 Å². The molecule has 0 aliphatic carbocycles. The first-order valence-electron chi connectivity index (χ1n) is 8.07. The molecule has 0 saturated carbocycles. The molecule has 2 aromatic rings. The molecule has 124 valence electrons. The van der Waals surface area contributed by atoms with Gasteiger partial charge in [-0.3, -0.25) is 19.5 Å². The van der Waals surface area contributed by atoms with Gasteiger partial charge in [-0.25, -0.2) is 0 Å². The number of aryl methyl sites for hydroxylation is 1. The lowest BCUT2D eigenvalue weighted by Crippen LogP contribution is -2.24. The van der Waals surface area contributed by atoms with Crippen molar-refractivity contribution >= 4 is 5.91 Å². The third-order valence-corrected chi connectivity index (χ3v) is 4.40. The van der Waals surface area contributed by atoms with Crippen LogP contribution in [0.4, 0.5) is 0 Å². The number of amides is 1.